The van der Waals surface area contributed by atoms with Crippen molar-refractivity contribution in [2.75, 3.05) is 20.8 Å². The molecule has 0 aliphatic rings. The first-order chi connectivity index (χ1) is 9.56. The zero-order valence-electron chi connectivity index (χ0n) is 14.2. The lowest BCUT2D eigenvalue weighted by Crippen LogP contribution is -2.40. The van der Waals surface area contributed by atoms with Gasteiger partial charge in [-0.25, -0.2) is 0 Å². The fourth-order valence-electron chi connectivity index (χ4n) is 1.35. The van der Waals surface area contributed by atoms with E-state index >= 15 is 0 Å². The van der Waals surface area contributed by atoms with Gasteiger partial charge in [-0.3, -0.25) is 9.59 Å². The van der Waals surface area contributed by atoms with E-state index in [1.807, 2.05) is 6.08 Å². The average Bonchev–Trinajstić information content (AvgIpc) is 2.39. The summed E-state index contributed by atoms with van der Waals surface area (Å²) in [5.74, 6) is -2.09. The molecular formula is C15H28O5Si. The van der Waals surface area contributed by atoms with Gasteiger partial charge in [-0.1, -0.05) is 32.9 Å². The summed E-state index contributed by atoms with van der Waals surface area (Å²) in [5, 5.41) is 0.154. The molecule has 0 heterocycles. The Bertz CT molecular complexity index is 366. The maximum Gasteiger partial charge on any atom is 0.320 e. The summed E-state index contributed by atoms with van der Waals surface area (Å²) in [6.45, 7) is 11.3. The molecule has 0 saturated carbocycles. The highest BCUT2D eigenvalue weighted by Gasteiger charge is 2.36. The Hall–Kier alpha value is -1.14. The Morgan fingerprint density at radius 1 is 1.05 bits per heavy atom. The van der Waals surface area contributed by atoms with Gasteiger partial charge in [0.05, 0.1) is 20.8 Å². The standard InChI is InChI=1S/C15H28O5Si/c1-15(2,3)21(6,7)20-11-9-8-10-12(13(16)18-4)14(17)19-5/h8-9,12H,10-11H2,1-7H3/b9-8+. The van der Waals surface area contributed by atoms with E-state index < -0.39 is 26.2 Å². The van der Waals surface area contributed by atoms with Crippen LogP contribution in [0.3, 0.4) is 0 Å². The molecular weight excluding hydrogens is 288 g/mol. The van der Waals surface area contributed by atoms with Crippen LogP contribution in [0.25, 0.3) is 0 Å². The number of hydrogen-bond donors (Lipinski definition) is 0. The molecule has 5 nitrogen and oxygen atoms in total. The van der Waals surface area contributed by atoms with Gasteiger partial charge in [0.1, 0.15) is 0 Å². The zero-order chi connectivity index (χ0) is 16.7. The molecule has 0 amide bonds. The third-order valence-corrected chi connectivity index (χ3v) is 8.36. The van der Waals surface area contributed by atoms with Gasteiger partial charge < -0.3 is 13.9 Å². The number of methoxy groups -OCH3 is 2. The summed E-state index contributed by atoms with van der Waals surface area (Å²) in [5.41, 5.74) is 0. The molecule has 0 bridgehead atoms. The molecule has 0 atom stereocenters. The first-order valence-electron chi connectivity index (χ1n) is 7.01. The molecule has 6 heteroatoms. The smallest absolute Gasteiger partial charge is 0.320 e. The molecule has 0 N–H and O–H groups in total. The van der Waals surface area contributed by atoms with E-state index in [0.717, 1.165) is 0 Å². The van der Waals surface area contributed by atoms with Crippen molar-refractivity contribution in [3.8, 4) is 0 Å². The maximum atomic E-state index is 11.5. The predicted octanol–water partition coefficient (Wildman–Crippen LogP) is 2.92. The lowest BCUT2D eigenvalue weighted by Gasteiger charge is -2.35. The minimum absolute atomic E-state index is 0.154. The largest absolute Gasteiger partial charge is 0.468 e. The molecule has 0 aromatic heterocycles. The molecule has 122 valence electrons. The second-order valence-electron chi connectivity index (χ2n) is 6.38. The SMILES string of the molecule is COC(=O)C(C/C=C/CO[Si](C)(C)C(C)(C)C)C(=O)OC. The summed E-state index contributed by atoms with van der Waals surface area (Å²) in [7, 11) is 0.731. The Kier molecular flexibility index (Phi) is 7.88. The van der Waals surface area contributed by atoms with Crippen molar-refractivity contribution in [2.45, 2.75) is 45.3 Å². The predicted molar refractivity (Wildman–Crippen MR) is 84.4 cm³/mol. The van der Waals surface area contributed by atoms with Crippen LogP contribution in [0.2, 0.25) is 18.1 Å². The maximum absolute atomic E-state index is 11.5. The third-order valence-electron chi connectivity index (χ3n) is 3.86. The van der Waals surface area contributed by atoms with Crippen LogP contribution >= 0.6 is 0 Å². The van der Waals surface area contributed by atoms with Gasteiger partial charge in [0.25, 0.3) is 0 Å². The molecule has 0 unspecified atom stereocenters. The average molecular weight is 316 g/mol. The number of ether oxygens (including phenoxy) is 2. The van der Waals surface area contributed by atoms with Crippen molar-refractivity contribution in [3.63, 3.8) is 0 Å². The minimum Gasteiger partial charge on any atom is -0.468 e. The highest BCUT2D eigenvalue weighted by Crippen LogP contribution is 2.36. The lowest BCUT2D eigenvalue weighted by atomic mass is 10.1. The number of carbonyl (C=O) groups is 2. The molecule has 0 fully saturated rings. The van der Waals surface area contributed by atoms with Crippen molar-refractivity contribution in [2.24, 2.45) is 5.92 Å². The molecule has 0 aromatic rings. The molecule has 0 rings (SSSR count). The Morgan fingerprint density at radius 2 is 1.52 bits per heavy atom. The van der Waals surface area contributed by atoms with E-state index in [-0.39, 0.29) is 11.5 Å². The van der Waals surface area contributed by atoms with Gasteiger partial charge in [0.15, 0.2) is 14.2 Å². The number of esters is 2. The number of hydrogen-bond acceptors (Lipinski definition) is 5. The highest BCUT2D eigenvalue weighted by atomic mass is 28.4. The van der Waals surface area contributed by atoms with Gasteiger partial charge in [-0.2, -0.15) is 0 Å². The van der Waals surface area contributed by atoms with Gasteiger partial charge in [-0.15, -0.1) is 0 Å². The first-order valence-corrected chi connectivity index (χ1v) is 9.92. The van der Waals surface area contributed by atoms with Crippen molar-refractivity contribution >= 4 is 20.3 Å². The van der Waals surface area contributed by atoms with E-state index in [2.05, 4.69) is 43.3 Å². The Morgan fingerprint density at radius 3 is 1.90 bits per heavy atom. The topological polar surface area (TPSA) is 61.8 Å². The molecule has 0 aliphatic carbocycles. The fraction of sp³-hybridized carbons (Fsp3) is 0.733. The van der Waals surface area contributed by atoms with E-state index in [1.54, 1.807) is 6.08 Å². The van der Waals surface area contributed by atoms with Crippen LogP contribution < -0.4 is 0 Å². The molecule has 0 saturated heterocycles. The van der Waals surface area contributed by atoms with E-state index in [0.29, 0.717) is 6.61 Å². The van der Waals surface area contributed by atoms with Gasteiger partial charge in [0, 0.05) is 0 Å². The summed E-state index contributed by atoms with van der Waals surface area (Å²) < 4.78 is 15.2. The Balaban J connectivity index is 4.43. The Labute approximate surface area is 128 Å². The second kappa shape index (κ2) is 8.34. The zero-order valence-corrected chi connectivity index (χ0v) is 15.2. The quantitative estimate of drug-likeness (QED) is 0.313. The van der Waals surface area contributed by atoms with Gasteiger partial charge in [-0.05, 0) is 24.6 Å². The van der Waals surface area contributed by atoms with Crippen molar-refractivity contribution in [3.05, 3.63) is 12.2 Å². The molecule has 0 radical (unpaired) electrons. The summed E-state index contributed by atoms with van der Waals surface area (Å²) in [6.07, 6.45) is 3.84. The van der Waals surface area contributed by atoms with Crippen LogP contribution in [0.4, 0.5) is 0 Å². The first kappa shape index (κ1) is 19.9. The highest BCUT2D eigenvalue weighted by molar-refractivity contribution is 6.74. The van der Waals surface area contributed by atoms with Crippen LogP contribution in [0.1, 0.15) is 27.2 Å². The fourth-order valence-corrected chi connectivity index (χ4v) is 2.29. The second-order valence-corrected chi connectivity index (χ2v) is 11.2. The molecule has 0 aliphatic heterocycles. The van der Waals surface area contributed by atoms with Gasteiger partial charge in [0.2, 0.25) is 0 Å². The lowest BCUT2D eigenvalue weighted by molar-refractivity contribution is -0.158. The summed E-state index contributed by atoms with van der Waals surface area (Å²) in [6, 6.07) is 0. The normalized spacial score (nSPS) is 12.8. The van der Waals surface area contributed by atoms with Gasteiger partial charge >= 0.3 is 11.9 Å². The van der Waals surface area contributed by atoms with Crippen LogP contribution in [0, 0.1) is 5.92 Å². The summed E-state index contributed by atoms with van der Waals surface area (Å²) in [4.78, 5) is 23.0. The molecule has 0 aromatic carbocycles. The minimum atomic E-state index is -1.77. The summed E-state index contributed by atoms with van der Waals surface area (Å²) >= 11 is 0. The molecule has 0 spiro atoms. The third kappa shape index (κ3) is 6.43. The van der Waals surface area contributed by atoms with Crippen LogP contribution in [-0.2, 0) is 23.5 Å². The van der Waals surface area contributed by atoms with Crippen molar-refractivity contribution in [1.82, 2.24) is 0 Å². The number of rotatable bonds is 7. The van der Waals surface area contributed by atoms with Crippen molar-refractivity contribution < 1.29 is 23.5 Å². The monoisotopic (exact) mass is 316 g/mol. The van der Waals surface area contributed by atoms with Crippen molar-refractivity contribution in [1.29, 1.82) is 0 Å². The van der Waals surface area contributed by atoms with E-state index in [9.17, 15) is 9.59 Å². The number of carbonyl (C=O) groups excluding carboxylic acids is 2. The van der Waals surface area contributed by atoms with Crippen LogP contribution in [-0.4, -0.2) is 41.1 Å². The number of allylic oxidation sites excluding steroid dienone is 1. The van der Waals surface area contributed by atoms with Crippen LogP contribution in [0.15, 0.2) is 12.2 Å². The van der Waals surface area contributed by atoms with E-state index in [4.69, 9.17) is 4.43 Å². The molecule has 21 heavy (non-hydrogen) atoms. The van der Waals surface area contributed by atoms with Crippen LogP contribution in [0.5, 0.6) is 0 Å². The van der Waals surface area contributed by atoms with E-state index in [1.165, 1.54) is 14.2 Å².